The first-order valence-corrected chi connectivity index (χ1v) is 9.92. The maximum absolute atomic E-state index is 12.8. The topological polar surface area (TPSA) is 70.1 Å². The predicted molar refractivity (Wildman–Crippen MR) is 86.0 cm³/mol. The summed E-state index contributed by atoms with van der Waals surface area (Å²) in [6.45, 7) is 4.53. The van der Waals surface area contributed by atoms with Gasteiger partial charge in [0.1, 0.15) is 17.5 Å². The van der Waals surface area contributed by atoms with Gasteiger partial charge in [-0.25, -0.2) is 0 Å². The Hall–Kier alpha value is -0.450. The van der Waals surface area contributed by atoms with Crippen LogP contribution in [0, 0.1) is 40.4 Å². The zero-order valence-corrected chi connectivity index (χ0v) is 14.6. The largest absolute Gasteiger partial charge is 0.393 e. The zero-order valence-electron chi connectivity index (χ0n) is 14.6. The Balaban J connectivity index is 1.45. The van der Waals surface area contributed by atoms with Crippen LogP contribution in [-0.4, -0.2) is 39.9 Å². The van der Waals surface area contributed by atoms with E-state index >= 15 is 0 Å². The second kappa shape index (κ2) is 3.94. The molecule has 6 aliphatic rings. The normalized spacial score (nSPS) is 69.1. The molecule has 1 spiro atoms. The van der Waals surface area contributed by atoms with Crippen LogP contribution < -0.4 is 0 Å². The first-order chi connectivity index (χ1) is 11.3. The van der Waals surface area contributed by atoms with Crippen molar-refractivity contribution in [3.8, 4) is 0 Å². The standard InChI is InChI=1S/C20H28O4/c1-18-5-4-12-13(14(18)10-7-11(10)16(18)23)15(22)17-20(24-17)8-9(21)3-6-19(12,20)2/h9-15,17,21-22H,3-8H2,1-2H3/t9-,10?,11-,12?,13?,14?,15?,17+,18-,19+,20+/m0/s1. The minimum atomic E-state index is -0.454. The van der Waals surface area contributed by atoms with E-state index in [1.54, 1.807) is 0 Å². The fourth-order valence-electron chi connectivity index (χ4n) is 8.29. The number of aliphatic hydroxyl groups is 2. The van der Waals surface area contributed by atoms with Crippen LogP contribution in [-0.2, 0) is 9.53 Å². The van der Waals surface area contributed by atoms with E-state index in [0.717, 1.165) is 32.1 Å². The molecule has 4 heteroatoms. The van der Waals surface area contributed by atoms with Crippen LogP contribution in [0.15, 0.2) is 0 Å². The summed E-state index contributed by atoms with van der Waals surface area (Å²) in [5.74, 6) is 2.30. The summed E-state index contributed by atoms with van der Waals surface area (Å²) in [4.78, 5) is 12.8. The Morgan fingerprint density at radius 3 is 2.75 bits per heavy atom. The number of hydrogen-bond donors (Lipinski definition) is 2. The maximum atomic E-state index is 12.8. The van der Waals surface area contributed by atoms with Gasteiger partial charge in [0.25, 0.3) is 0 Å². The highest BCUT2D eigenvalue weighted by molar-refractivity contribution is 5.92. The van der Waals surface area contributed by atoms with Crippen LogP contribution in [0.25, 0.3) is 0 Å². The van der Waals surface area contributed by atoms with E-state index < -0.39 is 6.10 Å². The van der Waals surface area contributed by atoms with Crippen molar-refractivity contribution in [1.29, 1.82) is 0 Å². The molecule has 0 aromatic rings. The van der Waals surface area contributed by atoms with Crippen molar-refractivity contribution in [3.05, 3.63) is 0 Å². The molecule has 1 heterocycles. The second-order valence-corrected chi connectivity index (χ2v) is 10.3. The summed E-state index contributed by atoms with van der Waals surface area (Å²) in [6, 6.07) is 0. The molecule has 5 unspecified atom stereocenters. The molecule has 0 bridgehead atoms. The van der Waals surface area contributed by atoms with E-state index in [1.165, 1.54) is 0 Å². The van der Waals surface area contributed by atoms with Gasteiger partial charge in [0.05, 0.1) is 12.2 Å². The average Bonchev–Trinajstić information content (AvgIpc) is 3.43. The predicted octanol–water partition coefficient (Wildman–Crippen LogP) is 1.92. The second-order valence-electron chi connectivity index (χ2n) is 10.3. The molecule has 0 radical (unpaired) electrons. The lowest BCUT2D eigenvalue weighted by Gasteiger charge is -2.59. The number of carbonyl (C=O) groups excluding carboxylic acids is 1. The smallest absolute Gasteiger partial charge is 0.142 e. The highest BCUT2D eigenvalue weighted by atomic mass is 16.6. The molecule has 5 saturated carbocycles. The van der Waals surface area contributed by atoms with Gasteiger partial charge < -0.3 is 14.9 Å². The number of rotatable bonds is 0. The SMILES string of the molecule is C[C@]12CCC3C(C(O)[C@H]4O[C@]45C[C@@H](O)CC[C@]35C)C1C1C[C@@H]1C2=O. The Bertz CT molecular complexity index is 648. The summed E-state index contributed by atoms with van der Waals surface area (Å²) < 4.78 is 6.21. The third-order valence-electron chi connectivity index (χ3n) is 9.56. The summed E-state index contributed by atoms with van der Waals surface area (Å²) in [6.07, 6.45) is 4.73. The van der Waals surface area contributed by atoms with Crippen molar-refractivity contribution in [3.63, 3.8) is 0 Å². The molecule has 132 valence electrons. The van der Waals surface area contributed by atoms with Gasteiger partial charge in [0, 0.05) is 23.2 Å². The van der Waals surface area contributed by atoms with Gasteiger partial charge in [-0.15, -0.1) is 0 Å². The number of ether oxygens (including phenoxy) is 1. The third-order valence-corrected chi connectivity index (χ3v) is 9.56. The van der Waals surface area contributed by atoms with E-state index in [-0.39, 0.29) is 34.6 Å². The number of hydrogen-bond acceptors (Lipinski definition) is 4. The molecule has 4 nitrogen and oxygen atoms in total. The number of carbonyl (C=O) groups is 1. The molecule has 1 saturated heterocycles. The first kappa shape index (κ1) is 14.7. The lowest BCUT2D eigenvalue weighted by molar-refractivity contribution is -0.158. The van der Waals surface area contributed by atoms with Crippen LogP contribution in [0.2, 0.25) is 0 Å². The molecule has 0 amide bonds. The summed E-state index contributed by atoms with van der Waals surface area (Å²) in [7, 11) is 0. The highest BCUT2D eigenvalue weighted by Crippen LogP contribution is 2.76. The van der Waals surface area contributed by atoms with Crippen LogP contribution >= 0.6 is 0 Å². The van der Waals surface area contributed by atoms with Crippen molar-refractivity contribution >= 4 is 5.78 Å². The van der Waals surface area contributed by atoms with E-state index in [0.29, 0.717) is 35.9 Å². The van der Waals surface area contributed by atoms with Gasteiger partial charge in [-0.05, 0) is 55.8 Å². The van der Waals surface area contributed by atoms with Crippen molar-refractivity contribution < 1.29 is 19.7 Å². The first-order valence-electron chi connectivity index (χ1n) is 9.92. The van der Waals surface area contributed by atoms with Crippen molar-refractivity contribution in [2.24, 2.45) is 40.4 Å². The number of epoxide rings is 1. The molecule has 2 N–H and O–H groups in total. The van der Waals surface area contributed by atoms with Crippen LogP contribution in [0.5, 0.6) is 0 Å². The number of aliphatic hydroxyl groups excluding tert-OH is 2. The van der Waals surface area contributed by atoms with Gasteiger partial charge in [-0.1, -0.05) is 13.8 Å². The van der Waals surface area contributed by atoms with Gasteiger partial charge >= 0.3 is 0 Å². The fraction of sp³-hybridized carbons (Fsp3) is 0.950. The van der Waals surface area contributed by atoms with Crippen molar-refractivity contribution in [2.75, 3.05) is 0 Å². The van der Waals surface area contributed by atoms with Crippen LogP contribution in [0.3, 0.4) is 0 Å². The summed E-state index contributed by atoms with van der Waals surface area (Å²) in [5, 5.41) is 21.4. The molecule has 1 aliphatic heterocycles. The van der Waals surface area contributed by atoms with Gasteiger partial charge in [0.2, 0.25) is 0 Å². The van der Waals surface area contributed by atoms with E-state index in [4.69, 9.17) is 4.74 Å². The Morgan fingerprint density at radius 2 is 1.96 bits per heavy atom. The maximum Gasteiger partial charge on any atom is 0.142 e. The van der Waals surface area contributed by atoms with Gasteiger partial charge in [0.15, 0.2) is 0 Å². The average molecular weight is 332 g/mol. The quantitative estimate of drug-likeness (QED) is 0.665. The monoisotopic (exact) mass is 332 g/mol. The van der Waals surface area contributed by atoms with Crippen LogP contribution in [0.1, 0.15) is 52.4 Å². The Kier molecular flexibility index (Phi) is 2.41. The lowest BCUT2D eigenvalue weighted by atomic mass is 9.44. The molecule has 6 fully saturated rings. The minimum absolute atomic E-state index is 0.0537. The molecular formula is C20H28O4. The molecule has 0 aromatic carbocycles. The summed E-state index contributed by atoms with van der Waals surface area (Å²) >= 11 is 0. The highest BCUT2D eigenvalue weighted by Gasteiger charge is 2.81. The molecule has 24 heavy (non-hydrogen) atoms. The lowest BCUT2D eigenvalue weighted by Crippen LogP contribution is -2.63. The molecule has 11 atom stereocenters. The van der Waals surface area contributed by atoms with E-state index in [1.807, 2.05) is 0 Å². The number of ketones is 1. The molecule has 6 rings (SSSR count). The minimum Gasteiger partial charge on any atom is -0.393 e. The van der Waals surface area contributed by atoms with Gasteiger partial charge in [-0.3, -0.25) is 4.79 Å². The Labute approximate surface area is 143 Å². The molecule has 5 aliphatic carbocycles. The van der Waals surface area contributed by atoms with Gasteiger partial charge in [-0.2, -0.15) is 0 Å². The third kappa shape index (κ3) is 1.34. The Morgan fingerprint density at radius 1 is 1.17 bits per heavy atom. The summed E-state index contributed by atoms with van der Waals surface area (Å²) in [5.41, 5.74) is -0.447. The number of fused-ring (bicyclic) bond motifs is 6. The van der Waals surface area contributed by atoms with Crippen LogP contribution in [0.4, 0.5) is 0 Å². The van der Waals surface area contributed by atoms with Crippen molar-refractivity contribution in [2.45, 2.75) is 76.3 Å². The fourth-order valence-corrected chi connectivity index (χ4v) is 8.29. The van der Waals surface area contributed by atoms with E-state index in [2.05, 4.69) is 13.8 Å². The molecular weight excluding hydrogens is 304 g/mol. The molecule has 0 aromatic heterocycles. The van der Waals surface area contributed by atoms with Crippen molar-refractivity contribution in [1.82, 2.24) is 0 Å². The van der Waals surface area contributed by atoms with E-state index in [9.17, 15) is 15.0 Å². The zero-order chi connectivity index (χ0) is 16.6. The number of Topliss-reactive ketones (excluding diaryl/α,β-unsaturated/α-hetero) is 1.